The van der Waals surface area contributed by atoms with Crippen LogP contribution < -0.4 is 0 Å². The summed E-state index contributed by atoms with van der Waals surface area (Å²) in [7, 11) is 2.91. The first-order valence-corrected chi connectivity index (χ1v) is 4.23. The third kappa shape index (κ3) is 3.72. The Morgan fingerprint density at radius 1 is 1.42 bits per heavy atom. The molecule has 0 atom stereocenters. The van der Waals surface area contributed by atoms with Gasteiger partial charge in [-0.25, -0.2) is 0 Å². The lowest BCUT2D eigenvalue weighted by Crippen LogP contribution is -2.34. The second-order valence-electron chi connectivity index (χ2n) is 2.49. The Hall–Kier alpha value is 0.170. The monoisotopic (exact) mass is 214 g/mol. The highest BCUT2D eigenvalue weighted by atomic mass is 35.5. The maximum atomic E-state index is 11.1. The third-order valence-corrected chi connectivity index (χ3v) is 2.09. The average Bonchev–Trinajstić information content (AvgIpc) is 2.04. The van der Waals surface area contributed by atoms with Gasteiger partial charge in [-0.15, -0.1) is 0 Å². The Bertz CT molecular complexity index is 155. The molecule has 0 aliphatic rings. The first kappa shape index (κ1) is 12.2. The molecule has 0 fully saturated rings. The quantitative estimate of drug-likeness (QED) is 0.517. The molecule has 0 saturated carbocycles. The van der Waals surface area contributed by atoms with Crippen molar-refractivity contribution in [3.05, 3.63) is 0 Å². The van der Waals surface area contributed by atoms with Crippen molar-refractivity contribution in [3.8, 4) is 0 Å². The summed E-state index contributed by atoms with van der Waals surface area (Å²) in [5, 5.41) is 0. The predicted molar refractivity (Wildman–Crippen MR) is 47.5 cm³/mol. The van der Waals surface area contributed by atoms with E-state index in [1.807, 2.05) is 0 Å². The summed E-state index contributed by atoms with van der Waals surface area (Å²) in [6.07, 6.45) is 0.0394. The molecule has 3 nitrogen and oxygen atoms in total. The molecule has 0 rings (SSSR count). The lowest BCUT2D eigenvalue weighted by Gasteiger charge is -2.25. The summed E-state index contributed by atoms with van der Waals surface area (Å²) < 4.78 is 9.89. The van der Waals surface area contributed by atoms with E-state index in [1.165, 1.54) is 14.2 Å². The number of hydrogen-bond donors (Lipinski definition) is 0. The summed E-state index contributed by atoms with van der Waals surface area (Å²) in [5.41, 5.74) is 0. The first-order valence-electron chi connectivity index (χ1n) is 3.36. The van der Waals surface area contributed by atoms with Gasteiger partial charge in [0.25, 0.3) is 0 Å². The van der Waals surface area contributed by atoms with Crippen molar-refractivity contribution in [2.45, 2.75) is 24.0 Å². The van der Waals surface area contributed by atoms with Gasteiger partial charge in [0.1, 0.15) is 0 Å². The maximum absolute atomic E-state index is 11.1. The number of ether oxygens (including phenoxy) is 2. The molecule has 0 aromatic carbocycles. The van der Waals surface area contributed by atoms with E-state index >= 15 is 0 Å². The van der Waals surface area contributed by atoms with E-state index < -0.39 is 10.6 Å². The van der Waals surface area contributed by atoms with Gasteiger partial charge in [-0.05, 0) is 6.92 Å². The number of rotatable bonds is 5. The minimum atomic E-state index is -1.02. The van der Waals surface area contributed by atoms with Gasteiger partial charge in [-0.3, -0.25) is 4.79 Å². The summed E-state index contributed by atoms with van der Waals surface area (Å²) in [4.78, 5) is 10.0. The maximum Gasteiger partial charge on any atom is 0.171 e. The predicted octanol–water partition coefficient (Wildman–Crippen LogP) is 1.76. The molecule has 0 radical (unpaired) electrons. The number of methoxy groups -OCH3 is 2. The lowest BCUT2D eigenvalue weighted by atomic mass is 10.1. The standard InChI is InChI=1S/C7H12Cl2O3/c1-7(11-2,12-3)4-5(10)6(8)9/h6H,4H2,1-3H3. The molecule has 0 unspecified atom stereocenters. The van der Waals surface area contributed by atoms with Crippen molar-refractivity contribution in [1.29, 1.82) is 0 Å². The second kappa shape index (κ2) is 5.02. The van der Waals surface area contributed by atoms with Crippen LogP contribution in [0.1, 0.15) is 13.3 Å². The molecule has 0 N–H and O–H groups in total. The van der Waals surface area contributed by atoms with Gasteiger partial charge in [0.05, 0.1) is 6.42 Å². The zero-order valence-electron chi connectivity index (χ0n) is 7.27. The number of ketones is 1. The number of halogens is 2. The van der Waals surface area contributed by atoms with Crippen molar-refractivity contribution < 1.29 is 14.3 Å². The van der Waals surface area contributed by atoms with Gasteiger partial charge in [0.15, 0.2) is 16.4 Å². The fourth-order valence-corrected chi connectivity index (χ4v) is 0.776. The molecule has 0 aromatic rings. The number of Topliss-reactive ketones (excluding diaryl/α,β-unsaturated/α-hetero) is 1. The number of carbonyl (C=O) groups excluding carboxylic acids is 1. The Kier molecular flexibility index (Phi) is 5.09. The van der Waals surface area contributed by atoms with Crippen molar-refractivity contribution in [2.75, 3.05) is 14.2 Å². The van der Waals surface area contributed by atoms with Gasteiger partial charge in [-0.2, -0.15) is 0 Å². The van der Waals surface area contributed by atoms with Gasteiger partial charge >= 0.3 is 0 Å². The molecule has 0 amide bonds. The van der Waals surface area contributed by atoms with Crippen LogP contribution in [0.5, 0.6) is 0 Å². The van der Waals surface area contributed by atoms with Gasteiger partial charge in [0.2, 0.25) is 0 Å². The third-order valence-electron chi connectivity index (χ3n) is 1.60. The largest absolute Gasteiger partial charge is 0.353 e. The van der Waals surface area contributed by atoms with Crippen LogP contribution in [-0.4, -0.2) is 30.6 Å². The molecule has 72 valence electrons. The first-order chi connectivity index (χ1) is 5.45. The SMILES string of the molecule is COC(C)(CC(=O)C(Cl)Cl)OC. The van der Waals surface area contributed by atoms with E-state index in [2.05, 4.69) is 0 Å². The molecule has 12 heavy (non-hydrogen) atoms. The Labute approximate surface area is 81.9 Å². The van der Waals surface area contributed by atoms with Crippen LogP contribution in [0.2, 0.25) is 0 Å². The molecule has 0 bridgehead atoms. The van der Waals surface area contributed by atoms with Crippen LogP contribution in [0, 0.1) is 0 Å². The minimum absolute atomic E-state index is 0.0394. The van der Waals surface area contributed by atoms with Crippen molar-refractivity contribution in [2.24, 2.45) is 0 Å². The molecule has 0 aliphatic heterocycles. The Morgan fingerprint density at radius 2 is 1.83 bits per heavy atom. The Morgan fingerprint density at radius 3 is 2.08 bits per heavy atom. The number of hydrogen-bond acceptors (Lipinski definition) is 3. The van der Waals surface area contributed by atoms with Crippen LogP contribution in [0.25, 0.3) is 0 Å². The fourth-order valence-electron chi connectivity index (χ4n) is 0.621. The topological polar surface area (TPSA) is 35.5 Å². The van der Waals surface area contributed by atoms with E-state index in [4.69, 9.17) is 32.7 Å². The van der Waals surface area contributed by atoms with Crippen LogP contribution in [-0.2, 0) is 14.3 Å². The molecular formula is C7H12Cl2O3. The summed E-state index contributed by atoms with van der Waals surface area (Å²) in [5.74, 6) is -1.25. The molecular weight excluding hydrogens is 203 g/mol. The molecule has 0 saturated heterocycles. The molecule has 0 spiro atoms. The minimum Gasteiger partial charge on any atom is -0.353 e. The van der Waals surface area contributed by atoms with E-state index in [0.717, 1.165) is 0 Å². The number of alkyl halides is 2. The van der Waals surface area contributed by atoms with E-state index in [9.17, 15) is 4.79 Å². The van der Waals surface area contributed by atoms with Gasteiger partial charge in [0, 0.05) is 14.2 Å². The van der Waals surface area contributed by atoms with Crippen molar-refractivity contribution >= 4 is 29.0 Å². The average molecular weight is 215 g/mol. The van der Waals surface area contributed by atoms with Crippen molar-refractivity contribution in [1.82, 2.24) is 0 Å². The van der Waals surface area contributed by atoms with E-state index in [-0.39, 0.29) is 12.2 Å². The lowest BCUT2D eigenvalue weighted by molar-refractivity contribution is -0.197. The van der Waals surface area contributed by atoms with Crippen LogP contribution in [0.15, 0.2) is 0 Å². The second-order valence-corrected chi connectivity index (χ2v) is 3.58. The Balaban J connectivity index is 4.12. The molecule has 0 aromatic heterocycles. The zero-order chi connectivity index (χ0) is 9.78. The highest BCUT2D eigenvalue weighted by molar-refractivity contribution is 6.53. The highest BCUT2D eigenvalue weighted by Crippen LogP contribution is 2.19. The van der Waals surface area contributed by atoms with Gasteiger partial charge in [-0.1, -0.05) is 23.2 Å². The fraction of sp³-hybridized carbons (Fsp3) is 0.857. The normalized spacial score (nSPS) is 12.2. The molecule has 5 heteroatoms. The van der Waals surface area contributed by atoms with Crippen LogP contribution >= 0.6 is 23.2 Å². The summed E-state index contributed by atoms with van der Waals surface area (Å²) in [6, 6.07) is 0. The number of carbonyl (C=O) groups is 1. The summed E-state index contributed by atoms with van der Waals surface area (Å²) in [6.45, 7) is 1.64. The zero-order valence-corrected chi connectivity index (χ0v) is 8.78. The van der Waals surface area contributed by atoms with Crippen LogP contribution in [0.3, 0.4) is 0 Å². The summed E-state index contributed by atoms with van der Waals surface area (Å²) >= 11 is 10.7. The van der Waals surface area contributed by atoms with Crippen LogP contribution in [0.4, 0.5) is 0 Å². The van der Waals surface area contributed by atoms with E-state index in [1.54, 1.807) is 6.92 Å². The molecule has 0 aliphatic carbocycles. The highest BCUT2D eigenvalue weighted by Gasteiger charge is 2.28. The van der Waals surface area contributed by atoms with Crippen molar-refractivity contribution in [3.63, 3.8) is 0 Å². The molecule has 0 heterocycles. The van der Waals surface area contributed by atoms with Gasteiger partial charge < -0.3 is 9.47 Å². The van der Waals surface area contributed by atoms with E-state index in [0.29, 0.717) is 0 Å². The smallest absolute Gasteiger partial charge is 0.171 e.